The van der Waals surface area contributed by atoms with Gasteiger partial charge in [0.05, 0.1) is 17.3 Å². The highest BCUT2D eigenvalue weighted by Crippen LogP contribution is 2.37. The first kappa shape index (κ1) is 17.3. The van der Waals surface area contributed by atoms with E-state index in [0.29, 0.717) is 21.8 Å². The van der Waals surface area contributed by atoms with Crippen molar-refractivity contribution in [2.45, 2.75) is 13.5 Å². The fraction of sp³-hybridized carbons (Fsp3) is 0.294. The van der Waals surface area contributed by atoms with Crippen LogP contribution in [0.5, 0.6) is 11.5 Å². The molecular weight excluding hydrogens is 372 g/mol. The monoisotopic (exact) mass is 388 g/mol. The van der Waals surface area contributed by atoms with E-state index in [1.807, 2.05) is 13.0 Å². The number of hydrogen-bond donors (Lipinski definition) is 0. The van der Waals surface area contributed by atoms with Crippen LogP contribution >= 0.6 is 11.3 Å². The molecule has 1 aromatic carbocycles. The Hall–Kier alpha value is -3.14. The van der Waals surface area contributed by atoms with Gasteiger partial charge in [-0.1, -0.05) is 11.3 Å². The van der Waals surface area contributed by atoms with Crippen LogP contribution in [0, 0.1) is 6.92 Å². The summed E-state index contributed by atoms with van der Waals surface area (Å²) in [6, 6.07) is 5.25. The van der Waals surface area contributed by atoms with Crippen LogP contribution in [0.4, 0.5) is 0 Å². The third-order valence-corrected chi connectivity index (χ3v) is 5.26. The molecule has 4 rings (SSSR count). The molecule has 27 heavy (non-hydrogen) atoms. The number of esters is 1. The molecule has 0 aliphatic carbocycles. The highest BCUT2D eigenvalue weighted by molar-refractivity contribution is 7.16. The molecule has 10 heteroatoms. The summed E-state index contributed by atoms with van der Waals surface area (Å²) in [4.78, 5) is 29.0. The molecule has 1 amide bonds. The lowest BCUT2D eigenvalue weighted by molar-refractivity contribution is -0.141. The molecule has 0 N–H and O–H groups in total. The number of carbonyl (C=O) groups is 2. The van der Waals surface area contributed by atoms with Gasteiger partial charge in [0.1, 0.15) is 6.54 Å². The largest absolute Gasteiger partial charge is 0.468 e. The summed E-state index contributed by atoms with van der Waals surface area (Å²) in [7, 11) is 3.06. The molecule has 3 heterocycles. The van der Waals surface area contributed by atoms with E-state index in [-0.39, 0.29) is 19.0 Å². The average molecular weight is 388 g/mol. The van der Waals surface area contributed by atoms with Crippen LogP contribution in [0.1, 0.15) is 16.2 Å². The van der Waals surface area contributed by atoms with Gasteiger partial charge in [0.25, 0.3) is 5.91 Å². The smallest absolute Gasteiger partial charge is 0.325 e. The van der Waals surface area contributed by atoms with E-state index >= 15 is 0 Å². The van der Waals surface area contributed by atoms with Gasteiger partial charge in [-0.2, -0.15) is 10.1 Å². The fourth-order valence-corrected chi connectivity index (χ4v) is 3.74. The number of carbonyl (C=O) groups excluding carboxylic acids is 2. The highest BCUT2D eigenvalue weighted by Gasteiger charge is 2.20. The molecule has 3 aromatic rings. The molecule has 0 saturated carbocycles. The van der Waals surface area contributed by atoms with Crippen molar-refractivity contribution in [3.63, 3.8) is 0 Å². The molecule has 2 aromatic heterocycles. The lowest BCUT2D eigenvalue weighted by Gasteiger charge is -2.04. The van der Waals surface area contributed by atoms with Crippen LogP contribution in [-0.4, -0.2) is 40.1 Å². The first-order valence-electron chi connectivity index (χ1n) is 8.06. The quantitative estimate of drug-likeness (QED) is 0.629. The van der Waals surface area contributed by atoms with Crippen LogP contribution in [0.2, 0.25) is 0 Å². The molecular formula is C17H16N4O5S. The number of amides is 1. The zero-order valence-electron chi connectivity index (χ0n) is 14.9. The number of hydrogen-bond acceptors (Lipinski definition) is 7. The molecule has 0 fully saturated rings. The van der Waals surface area contributed by atoms with E-state index in [1.54, 1.807) is 28.4 Å². The van der Waals surface area contributed by atoms with Gasteiger partial charge in [-0.25, -0.2) is 0 Å². The third kappa shape index (κ3) is 3.08. The molecule has 0 bridgehead atoms. The van der Waals surface area contributed by atoms with Crippen LogP contribution in [0.3, 0.4) is 0 Å². The molecule has 9 nitrogen and oxygen atoms in total. The van der Waals surface area contributed by atoms with Crippen molar-refractivity contribution in [2.24, 2.45) is 12.0 Å². The molecule has 0 saturated heterocycles. The number of methoxy groups -OCH3 is 1. The van der Waals surface area contributed by atoms with Gasteiger partial charge in [0.15, 0.2) is 22.0 Å². The fourth-order valence-electron chi connectivity index (χ4n) is 2.70. The van der Waals surface area contributed by atoms with Crippen LogP contribution in [0.15, 0.2) is 23.2 Å². The van der Waals surface area contributed by atoms with E-state index in [1.165, 1.54) is 18.4 Å². The summed E-state index contributed by atoms with van der Waals surface area (Å²) < 4.78 is 19.6. The number of nitrogens with zero attached hydrogens (tertiary/aromatic N) is 4. The predicted molar refractivity (Wildman–Crippen MR) is 95.8 cm³/mol. The van der Waals surface area contributed by atoms with Gasteiger partial charge in [-0.15, -0.1) is 0 Å². The minimum absolute atomic E-state index is 0.0799. The highest BCUT2D eigenvalue weighted by atomic mass is 32.1. The third-order valence-electron chi connectivity index (χ3n) is 4.22. The maximum Gasteiger partial charge on any atom is 0.325 e. The number of rotatable bonds is 3. The summed E-state index contributed by atoms with van der Waals surface area (Å²) in [5.74, 6) is 0.267. The Morgan fingerprint density at radius 1 is 1.30 bits per heavy atom. The Labute approximate surface area is 157 Å². The van der Waals surface area contributed by atoms with Gasteiger partial charge in [-0.3, -0.25) is 14.3 Å². The summed E-state index contributed by atoms with van der Waals surface area (Å²) >= 11 is 1.27. The lowest BCUT2D eigenvalue weighted by atomic mass is 10.3. The normalized spacial score (nSPS) is 13.4. The Morgan fingerprint density at radius 2 is 2.04 bits per heavy atom. The number of aromatic nitrogens is 3. The van der Waals surface area contributed by atoms with Gasteiger partial charge < -0.3 is 18.8 Å². The van der Waals surface area contributed by atoms with E-state index in [2.05, 4.69) is 10.1 Å². The van der Waals surface area contributed by atoms with Crippen molar-refractivity contribution in [1.29, 1.82) is 0 Å². The van der Waals surface area contributed by atoms with Crippen molar-refractivity contribution in [2.75, 3.05) is 13.9 Å². The average Bonchev–Trinajstić information content (AvgIpc) is 3.32. The van der Waals surface area contributed by atoms with Gasteiger partial charge in [-0.05, 0) is 13.0 Å². The van der Waals surface area contributed by atoms with Crippen molar-refractivity contribution < 1.29 is 23.8 Å². The second kappa shape index (κ2) is 6.54. The van der Waals surface area contributed by atoms with E-state index in [4.69, 9.17) is 14.2 Å². The molecule has 0 radical (unpaired) electrons. The van der Waals surface area contributed by atoms with Gasteiger partial charge >= 0.3 is 5.97 Å². The summed E-state index contributed by atoms with van der Waals surface area (Å²) in [6.07, 6.45) is 0. The first-order valence-corrected chi connectivity index (χ1v) is 8.87. The predicted octanol–water partition coefficient (Wildman–Crippen LogP) is 1.39. The van der Waals surface area contributed by atoms with Gasteiger partial charge in [0, 0.05) is 24.9 Å². The number of benzene rings is 1. The SMILES string of the molecule is COC(=O)Cn1c(=NC(=O)c2cc(C)n(C)n2)sc2cc3c(cc21)OCO3. The van der Waals surface area contributed by atoms with Crippen molar-refractivity contribution in [1.82, 2.24) is 14.3 Å². The summed E-state index contributed by atoms with van der Waals surface area (Å²) in [5.41, 5.74) is 1.79. The van der Waals surface area contributed by atoms with Crippen molar-refractivity contribution in [3.05, 3.63) is 34.4 Å². The minimum atomic E-state index is -0.482. The van der Waals surface area contributed by atoms with Crippen LogP contribution in [0.25, 0.3) is 10.2 Å². The van der Waals surface area contributed by atoms with Crippen LogP contribution in [-0.2, 0) is 23.1 Å². The molecule has 1 aliphatic rings. The molecule has 0 spiro atoms. The number of thiazole rings is 1. The maximum absolute atomic E-state index is 12.6. The molecule has 1 aliphatic heterocycles. The Balaban J connectivity index is 1.86. The van der Waals surface area contributed by atoms with Crippen molar-refractivity contribution >= 4 is 33.4 Å². The number of aryl methyl sites for hydroxylation is 2. The van der Waals surface area contributed by atoms with E-state index in [0.717, 1.165) is 10.4 Å². The van der Waals surface area contributed by atoms with Crippen LogP contribution < -0.4 is 14.3 Å². The second-order valence-corrected chi connectivity index (χ2v) is 6.94. The standard InChI is InChI=1S/C17H16N4O5S/c1-9-4-10(19-20(9)2)16(23)18-17-21(7-15(22)24-3)11-5-12-13(26-8-25-12)6-14(11)27-17/h4-6H,7-8H2,1-3H3. The van der Waals surface area contributed by atoms with E-state index < -0.39 is 11.9 Å². The number of ether oxygens (including phenoxy) is 3. The minimum Gasteiger partial charge on any atom is -0.468 e. The maximum atomic E-state index is 12.6. The summed E-state index contributed by atoms with van der Waals surface area (Å²) in [5, 5.41) is 4.15. The molecule has 0 atom stereocenters. The zero-order chi connectivity index (χ0) is 19.1. The second-order valence-electron chi connectivity index (χ2n) is 5.93. The van der Waals surface area contributed by atoms with E-state index in [9.17, 15) is 9.59 Å². The van der Waals surface area contributed by atoms with Crippen molar-refractivity contribution in [3.8, 4) is 11.5 Å². The Morgan fingerprint density at radius 3 is 2.70 bits per heavy atom. The number of fused-ring (bicyclic) bond motifs is 2. The zero-order valence-corrected chi connectivity index (χ0v) is 15.7. The Kier molecular flexibility index (Phi) is 4.19. The first-order chi connectivity index (χ1) is 13.0. The Bertz CT molecular complexity index is 1120. The van der Waals surface area contributed by atoms with Gasteiger partial charge in [0.2, 0.25) is 6.79 Å². The molecule has 140 valence electrons. The topological polar surface area (TPSA) is 96.9 Å². The molecule has 0 unspecified atom stereocenters. The summed E-state index contributed by atoms with van der Waals surface area (Å²) in [6.45, 7) is 1.92. The lowest BCUT2D eigenvalue weighted by Crippen LogP contribution is -2.22.